The smallest absolute Gasteiger partial charge is 0.305 e. The maximum Gasteiger partial charge on any atom is 0.305 e. The van der Waals surface area contributed by atoms with Crippen LogP contribution in [-0.4, -0.2) is 11.1 Å². The molecule has 0 aromatic heterocycles. The van der Waals surface area contributed by atoms with Crippen LogP contribution in [-0.2, 0) is 4.79 Å². The van der Waals surface area contributed by atoms with E-state index in [0.29, 0.717) is 11.1 Å². The standard InChI is InChI=1S/C10H11ClFNO2/c1-5-2-6(3-7(11)10(5)12)8(13)4-9(14)15/h2-3,8H,4,13H2,1H3,(H,14,15). The van der Waals surface area contributed by atoms with Gasteiger partial charge in [0.15, 0.2) is 0 Å². The van der Waals surface area contributed by atoms with Crippen LogP contribution < -0.4 is 5.73 Å². The molecule has 3 N–H and O–H groups in total. The molecule has 1 rings (SSSR count). The molecular weight excluding hydrogens is 221 g/mol. The highest BCUT2D eigenvalue weighted by atomic mass is 35.5. The van der Waals surface area contributed by atoms with E-state index < -0.39 is 17.8 Å². The fourth-order valence-electron chi connectivity index (χ4n) is 1.27. The third-order valence-corrected chi connectivity index (χ3v) is 2.33. The molecule has 0 heterocycles. The highest BCUT2D eigenvalue weighted by Gasteiger charge is 2.14. The molecule has 0 saturated heterocycles. The van der Waals surface area contributed by atoms with Crippen molar-refractivity contribution in [2.24, 2.45) is 5.73 Å². The number of carboxylic acid groups (broad SMARTS) is 1. The van der Waals surface area contributed by atoms with E-state index in [1.807, 2.05) is 0 Å². The van der Waals surface area contributed by atoms with E-state index in [9.17, 15) is 9.18 Å². The predicted molar refractivity (Wildman–Crippen MR) is 55.3 cm³/mol. The second-order valence-corrected chi connectivity index (χ2v) is 3.75. The quantitative estimate of drug-likeness (QED) is 0.839. The van der Waals surface area contributed by atoms with Crippen molar-refractivity contribution in [3.63, 3.8) is 0 Å². The van der Waals surface area contributed by atoms with Crippen LogP contribution in [0.5, 0.6) is 0 Å². The summed E-state index contributed by atoms with van der Waals surface area (Å²) < 4.78 is 13.1. The lowest BCUT2D eigenvalue weighted by atomic mass is 10.0. The first-order valence-corrected chi connectivity index (χ1v) is 4.72. The van der Waals surface area contributed by atoms with Crippen molar-refractivity contribution in [3.05, 3.63) is 34.1 Å². The molecule has 82 valence electrons. The van der Waals surface area contributed by atoms with Gasteiger partial charge in [-0.1, -0.05) is 17.7 Å². The lowest BCUT2D eigenvalue weighted by Crippen LogP contribution is -2.15. The summed E-state index contributed by atoms with van der Waals surface area (Å²) in [5.41, 5.74) is 6.51. The van der Waals surface area contributed by atoms with E-state index >= 15 is 0 Å². The number of hydrogen-bond donors (Lipinski definition) is 2. The van der Waals surface area contributed by atoms with Crippen molar-refractivity contribution >= 4 is 17.6 Å². The molecule has 0 bridgehead atoms. The Kier molecular flexibility index (Phi) is 3.66. The van der Waals surface area contributed by atoms with Crippen molar-refractivity contribution in [2.45, 2.75) is 19.4 Å². The maximum atomic E-state index is 13.1. The summed E-state index contributed by atoms with van der Waals surface area (Å²) in [5, 5.41) is 8.52. The minimum Gasteiger partial charge on any atom is -0.481 e. The van der Waals surface area contributed by atoms with Gasteiger partial charge in [-0.05, 0) is 24.1 Å². The van der Waals surface area contributed by atoms with E-state index in [4.69, 9.17) is 22.4 Å². The molecule has 0 spiro atoms. The number of hydrogen-bond acceptors (Lipinski definition) is 2. The minimum absolute atomic E-state index is 0.0363. The number of benzene rings is 1. The zero-order valence-corrected chi connectivity index (χ0v) is 8.88. The van der Waals surface area contributed by atoms with Crippen LogP contribution >= 0.6 is 11.6 Å². The molecule has 1 unspecified atom stereocenters. The first-order chi connectivity index (χ1) is 6.91. The number of carbonyl (C=O) groups is 1. The summed E-state index contributed by atoms with van der Waals surface area (Å²) in [7, 11) is 0. The van der Waals surface area contributed by atoms with Gasteiger partial charge in [0.2, 0.25) is 0 Å². The zero-order valence-electron chi connectivity index (χ0n) is 8.13. The SMILES string of the molecule is Cc1cc(C(N)CC(=O)O)cc(Cl)c1F. The molecule has 5 heteroatoms. The largest absolute Gasteiger partial charge is 0.481 e. The number of aryl methyl sites for hydroxylation is 1. The van der Waals surface area contributed by atoms with Crippen LogP contribution in [0.25, 0.3) is 0 Å². The lowest BCUT2D eigenvalue weighted by Gasteiger charge is -2.11. The Morgan fingerprint density at radius 3 is 2.73 bits per heavy atom. The molecular formula is C10H11ClFNO2. The number of carboxylic acids is 1. The van der Waals surface area contributed by atoms with Crippen LogP contribution in [0.3, 0.4) is 0 Å². The maximum absolute atomic E-state index is 13.1. The van der Waals surface area contributed by atoms with Crippen LogP contribution in [0, 0.1) is 12.7 Å². The molecule has 0 saturated carbocycles. The summed E-state index contributed by atoms with van der Waals surface area (Å²) in [6.07, 6.45) is -0.207. The summed E-state index contributed by atoms with van der Waals surface area (Å²) in [6, 6.07) is 2.20. The Balaban J connectivity index is 3.00. The van der Waals surface area contributed by atoms with Gasteiger partial charge in [-0.2, -0.15) is 0 Å². The monoisotopic (exact) mass is 231 g/mol. The van der Waals surface area contributed by atoms with Gasteiger partial charge in [0.25, 0.3) is 0 Å². The number of aliphatic carboxylic acids is 1. The van der Waals surface area contributed by atoms with Crippen molar-refractivity contribution < 1.29 is 14.3 Å². The first kappa shape index (κ1) is 11.9. The average molecular weight is 232 g/mol. The predicted octanol–water partition coefficient (Wildman–Crippen LogP) is 2.26. The van der Waals surface area contributed by atoms with Gasteiger partial charge < -0.3 is 10.8 Å². The van der Waals surface area contributed by atoms with Gasteiger partial charge in [0, 0.05) is 6.04 Å². The summed E-state index contributed by atoms with van der Waals surface area (Å²) in [6.45, 7) is 1.55. The number of halogens is 2. The fraction of sp³-hybridized carbons (Fsp3) is 0.300. The van der Waals surface area contributed by atoms with E-state index in [1.54, 1.807) is 6.92 Å². The van der Waals surface area contributed by atoms with E-state index in [2.05, 4.69) is 0 Å². The van der Waals surface area contributed by atoms with Crippen molar-refractivity contribution in [1.82, 2.24) is 0 Å². The molecule has 3 nitrogen and oxygen atoms in total. The molecule has 1 atom stereocenters. The Bertz CT molecular complexity index is 372. The summed E-state index contributed by atoms with van der Waals surface area (Å²) >= 11 is 5.62. The molecule has 15 heavy (non-hydrogen) atoms. The molecule has 0 aliphatic heterocycles. The molecule has 1 aromatic carbocycles. The topological polar surface area (TPSA) is 63.3 Å². The zero-order chi connectivity index (χ0) is 11.6. The van der Waals surface area contributed by atoms with Crippen molar-refractivity contribution in [2.75, 3.05) is 0 Å². The highest BCUT2D eigenvalue weighted by molar-refractivity contribution is 6.30. The number of nitrogens with two attached hydrogens (primary N) is 1. The molecule has 0 amide bonds. The highest BCUT2D eigenvalue weighted by Crippen LogP contribution is 2.24. The summed E-state index contributed by atoms with van der Waals surface area (Å²) in [4.78, 5) is 10.4. The Hall–Kier alpha value is -1.13. The third kappa shape index (κ3) is 2.91. The van der Waals surface area contributed by atoms with Crippen LogP contribution in [0.15, 0.2) is 12.1 Å². The van der Waals surface area contributed by atoms with Gasteiger partial charge >= 0.3 is 5.97 Å². The summed E-state index contributed by atoms with van der Waals surface area (Å²) in [5.74, 6) is -1.50. The van der Waals surface area contributed by atoms with E-state index in [-0.39, 0.29) is 11.4 Å². The normalized spacial score (nSPS) is 12.5. The molecule has 0 aliphatic carbocycles. The average Bonchev–Trinajstić information content (AvgIpc) is 2.12. The minimum atomic E-state index is -0.999. The number of rotatable bonds is 3. The molecule has 0 radical (unpaired) electrons. The van der Waals surface area contributed by atoms with Gasteiger partial charge in [0.1, 0.15) is 5.82 Å². The third-order valence-electron chi connectivity index (χ3n) is 2.06. The van der Waals surface area contributed by atoms with Gasteiger partial charge in [0.05, 0.1) is 11.4 Å². The van der Waals surface area contributed by atoms with Crippen LogP contribution in [0.1, 0.15) is 23.6 Å². The van der Waals surface area contributed by atoms with E-state index in [1.165, 1.54) is 12.1 Å². The Morgan fingerprint density at radius 2 is 2.27 bits per heavy atom. The van der Waals surface area contributed by atoms with Gasteiger partial charge in [-0.25, -0.2) is 4.39 Å². The van der Waals surface area contributed by atoms with E-state index in [0.717, 1.165) is 0 Å². The Morgan fingerprint density at radius 1 is 1.67 bits per heavy atom. The van der Waals surface area contributed by atoms with Crippen molar-refractivity contribution in [3.8, 4) is 0 Å². The second-order valence-electron chi connectivity index (χ2n) is 3.34. The Labute approximate surface area is 91.7 Å². The second kappa shape index (κ2) is 4.59. The first-order valence-electron chi connectivity index (χ1n) is 4.34. The van der Waals surface area contributed by atoms with Crippen molar-refractivity contribution in [1.29, 1.82) is 0 Å². The van der Waals surface area contributed by atoms with Crippen LogP contribution in [0.2, 0.25) is 5.02 Å². The molecule has 0 aliphatic rings. The van der Waals surface area contributed by atoms with Gasteiger partial charge in [-0.15, -0.1) is 0 Å². The molecule has 0 fully saturated rings. The van der Waals surface area contributed by atoms with Crippen LogP contribution in [0.4, 0.5) is 4.39 Å². The molecule has 1 aromatic rings. The van der Waals surface area contributed by atoms with Gasteiger partial charge in [-0.3, -0.25) is 4.79 Å². The lowest BCUT2D eigenvalue weighted by molar-refractivity contribution is -0.137. The fourth-order valence-corrected chi connectivity index (χ4v) is 1.55.